The molecule has 0 bridgehead atoms. The Bertz CT molecular complexity index is 448. The van der Waals surface area contributed by atoms with E-state index in [0.717, 1.165) is 5.69 Å². The zero-order valence-corrected chi connectivity index (χ0v) is 9.87. The molecule has 5 heteroatoms. The number of hydrogen-bond donors (Lipinski definition) is 0. The first-order valence-electron chi connectivity index (χ1n) is 5.23. The van der Waals surface area contributed by atoms with Gasteiger partial charge >= 0.3 is 0 Å². The highest BCUT2D eigenvalue weighted by Gasteiger charge is 2.29. The second kappa shape index (κ2) is 3.63. The molecule has 15 heavy (non-hydrogen) atoms. The lowest BCUT2D eigenvalue weighted by Gasteiger charge is -2.08. The predicted octanol–water partition coefficient (Wildman–Crippen LogP) is 1.37. The summed E-state index contributed by atoms with van der Waals surface area (Å²) in [6.07, 6.45) is 2.59. The third-order valence-electron chi connectivity index (χ3n) is 2.80. The van der Waals surface area contributed by atoms with Gasteiger partial charge < -0.3 is 0 Å². The lowest BCUT2D eigenvalue weighted by molar-refractivity contribution is 0.492. The summed E-state index contributed by atoms with van der Waals surface area (Å²) in [6, 6.07) is 2.01. The summed E-state index contributed by atoms with van der Waals surface area (Å²) >= 11 is 0. The van der Waals surface area contributed by atoms with Crippen LogP contribution in [0.3, 0.4) is 0 Å². The molecule has 0 aliphatic carbocycles. The molecule has 2 heterocycles. The first-order chi connectivity index (χ1) is 6.98. The van der Waals surface area contributed by atoms with Gasteiger partial charge in [0.25, 0.3) is 0 Å². The Morgan fingerprint density at radius 3 is 2.73 bits per heavy atom. The Kier molecular flexibility index (Phi) is 2.58. The van der Waals surface area contributed by atoms with Crippen molar-refractivity contribution in [3.63, 3.8) is 0 Å². The Labute approximate surface area is 90.2 Å². The molecule has 2 rings (SSSR count). The topological polar surface area (TPSA) is 52.0 Å². The van der Waals surface area contributed by atoms with Crippen molar-refractivity contribution in [3.8, 4) is 0 Å². The van der Waals surface area contributed by atoms with Crippen molar-refractivity contribution in [2.24, 2.45) is 0 Å². The largest absolute Gasteiger partial charge is 0.268 e. The third kappa shape index (κ3) is 2.22. The van der Waals surface area contributed by atoms with E-state index >= 15 is 0 Å². The van der Waals surface area contributed by atoms with Gasteiger partial charge in [0.1, 0.15) is 0 Å². The molecular formula is C10H16N2O2S. The van der Waals surface area contributed by atoms with Crippen molar-refractivity contribution in [3.05, 3.63) is 18.0 Å². The van der Waals surface area contributed by atoms with Gasteiger partial charge in [-0.05, 0) is 18.4 Å². The van der Waals surface area contributed by atoms with Crippen molar-refractivity contribution in [1.82, 2.24) is 9.78 Å². The zero-order chi connectivity index (χ0) is 11.1. The first kappa shape index (κ1) is 10.7. The van der Waals surface area contributed by atoms with E-state index in [1.165, 1.54) is 0 Å². The number of rotatable bonds is 2. The Morgan fingerprint density at radius 1 is 1.53 bits per heavy atom. The van der Waals surface area contributed by atoms with E-state index in [0.29, 0.717) is 18.1 Å². The van der Waals surface area contributed by atoms with Gasteiger partial charge in [-0.25, -0.2) is 8.42 Å². The minimum atomic E-state index is -2.82. The van der Waals surface area contributed by atoms with E-state index in [-0.39, 0.29) is 11.8 Å². The lowest BCUT2D eigenvalue weighted by Crippen LogP contribution is -2.11. The molecule has 1 atom stereocenters. The standard InChI is InChI=1S/C10H16N2O2S/c1-8(2)10-3-5-12(11-10)9-4-6-15(13,14)7-9/h3,5,8-9H,4,6-7H2,1-2H3. The number of aromatic nitrogens is 2. The van der Waals surface area contributed by atoms with Crippen molar-refractivity contribution < 1.29 is 8.42 Å². The lowest BCUT2D eigenvalue weighted by atomic mass is 10.1. The fourth-order valence-electron chi connectivity index (χ4n) is 1.85. The Hall–Kier alpha value is -0.840. The summed E-state index contributed by atoms with van der Waals surface area (Å²) in [6.45, 7) is 4.16. The van der Waals surface area contributed by atoms with Crippen LogP contribution in [-0.2, 0) is 9.84 Å². The van der Waals surface area contributed by atoms with Crippen molar-refractivity contribution in [2.75, 3.05) is 11.5 Å². The molecule has 1 fully saturated rings. The molecule has 1 aromatic heterocycles. The van der Waals surface area contributed by atoms with Gasteiger partial charge in [-0.3, -0.25) is 4.68 Å². The second-order valence-electron chi connectivity index (χ2n) is 4.43. The van der Waals surface area contributed by atoms with Gasteiger partial charge in [0.2, 0.25) is 0 Å². The minimum Gasteiger partial charge on any atom is -0.268 e. The molecule has 0 radical (unpaired) electrons. The summed E-state index contributed by atoms with van der Waals surface area (Å²) in [5.74, 6) is 0.935. The maximum atomic E-state index is 11.3. The number of nitrogens with zero attached hydrogens (tertiary/aromatic N) is 2. The van der Waals surface area contributed by atoms with Crippen LogP contribution in [0.25, 0.3) is 0 Å². The number of sulfone groups is 1. The average Bonchev–Trinajstić information content (AvgIpc) is 2.70. The monoisotopic (exact) mass is 228 g/mol. The molecule has 0 N–H and O–H groups in total. The van der Waals surface area contributed by atoms with Crippen LogP contribution >= 0.6 is 0 Å². The molecule has 1 aliphatic heterocycles. The van der Waals surface area contributed by atoms with Crippen LogP contribution in [0.4, 0.5) is 0 Å². The molecule has 0 amide bonds. The van der Waals surface area contributed by atoms with E-state index in [1.807, 2.05) is 12.3 Å². The van der Waals surface area contributed by atoms with Crippen LogP contribution in [0, 0.1) is 0 Å². The summed E-state index contributed by atoms with van der Waals surface area (Å²) in [5, 5.41) is 4.41. The zero-order valence-electron chi connectivity index (χ0n) is 9.05. The Morgan fingerprint density at radius 2 is 2.27 bits per heavy atom. The molecule has 1 unspecified atom stereocenters. The van der Waals surface area contributed by atoms with E-state index in [4.69, 9.17) is 0 Å². The predicted molar refractivity (Wildman–Crippen MR) is 58.6 cm³/mol. The van der Waals surface area contributed by atoms with Crippen LogP contribution in [0.5, 0.6) is 0 Å². The summed E-state index contributed by atoms with van der Waals surface area (Å²) in [4.78, 5) is 0. The van der Waals surface area contributed by atoms with Gasteiger partial charge in [-0.1, -0.05) is 13.8 Å². The van der Waals surface area contributed by atoms with E-state index in [9.17, 15) is 8.42 Å². The molecule has 1 aromatic rings. The summed E-state index contributed by atoms with van der Waals surface area (Å²) < 4.78 is 24.4. The smallest absolute Gasteiger partial charge is 0.152 e. The molecule has 1 aliphatic rings. The van der Waals surface area contributed by atoms with E-state index in [2.05, 4.69) is 18.9 Å². The molecule has 0 saturated carbocycles. The summed E-state index contributed by atoms with van der Waals surface area (Å²) in [7, 11) is -2.82. The third-order valence-corrected chi connectivity index (χ3v) is 4.55. The molecule has 0 aromatic carbocycles. The maximum Gasteiger partial charge on any atom is 0.152 e. The SMILES string of the molecule is CC(C)c1ccn(C2CCS(=O)(=O)C2)n1. The van der Waals surface area contributed by atoms with Gasteiger partial charge in [0.05, 0.1) is 23.2 Å². The molecular weight excluding hydrogens is 212 g/mol. The molecule has 0 spiro atoms. The highest BCUT2D eigenvalue weighted by atomic mass is 32.2. The minimum absolute atomic E-state index is 0.0440. The van der Waals surface area contributed by atoms with Crippen LogP contribution in [0.1, 0.15) is 37.9 Å². The highest BCUT2D eigenvalue weighted by Crippen LogP contribution is 2.23. The second-order valence-corrected chi connectivity index (χ2v) is 6.66. The Balaban J connectivity index is 2.17. The van der Waals surface area contributed by atoms with Crippen molar-refractivity contribution in [2.45, 2.75) is 32.2 Å². The molecule has 84 valence electrons. The van der Waals surface area contributed by atoms with Gasteiger partial charge in [-0.15, -0.1) is 0 Å². The normalized spacial score (nSPS) is 24.9. The molecule has 1 saturated heterocycles. The van der Waals surface area contributed by atoms with Crippen LogP contribution in [-0.4, -0.2) is 29.7 Å². The maximum absolute atomic E-state index is 11.3. The average molecular weight is 228 g/mol. The highest BCUT2D eigenvalue weighted by molar-refractivity contribution is 7.91. The van der Waals surface area contributed by atoms with Crippen LogP contribution in [0.15, 0.2) is 12.3 Å². The number of hydrogen-bond acceptors (Lipinski definition) is 3. The van der Waals surface area contributed by atoms with Crippen molar-refractivity contribution >= 4 is 9.84 Å². The van der Waals surface area contributed by atoms with Crippen molar-refractivity contribution in [1.29, 1.82) is 0 Å². The van der Waals surface area contributed by atoms with E-state index < -0.39 is 9.84 Å². The van der Waals surface area contributed by atoms with E-state index in [1.54, 1.807) is 4.68 Å². The molecule has 4 nitrogen and oxygen atoms in total. The van der Waals surface area contributed by atoms with Crippen LogP contribution in [0.2, 0.25) is 0 Å². The first-order valence-corrected chi connectivity index (χ1v) is 7.05. The fraction of sp³-hybridized carbons (Fsp3) is 0.700. The van der Waals surface area contributed by atoms with Gasteiger partial charge in [0.15, 0.2) is 9.84 Å². The van der Waals surface area contributed by atoms with Crippen LogP contribution < -0.4 is 0 Å². The van der Waals surface area contributed by atoms with Gasteiger partial charge in [-0.2, -0.15) is 5.10 Å². The van der Waals surface area contributed by atoms with Gasteiger partial charge in [0, 0.05) is 6.20 Å². The quantitative estimate of drug-likeness (QED) is 0.768. The fourth-order valence-corrected chi connectivity index (χ4v) is 3.55. The summed E-state index contributed by atoms with van der Waals surface area (Å²) in [5.41, 5.74) is 1.03.